The van der Waals surface area contributed by atoms with Crippen molar-refractivity contribution in [2.45, 2.75) is 13.3 Å². The molecule has 0 aromatic heterocycles. The minimum Gasteiger partial charge on any atom is -0.353 e. The summed E-state index contributed by atoms with van der Waals surface area (Å²) in [5.41, 5.74) is 0.792. The van der Waals surface area contributed by atoms with Gasteiger partial charge in [0.05, 0.1) is 4.92 Å². The van der Waals surface area contributed by atoms with Gasteiger partial charge in [0, 0.05) is 24.8 Å². The van der Waals surface area contributed by atoms with Gasteiger partial charge < -0.3 is 5.32 Å². The lowest BCUT2D eigenvalue weighted by atomic mass is 10.2. The second-order valence-corrected chi connectivity index (χ2v) is 3.47. The number of amides is 1. The van der Waals surface area contributed by atoms with E-state index in [9.17, 15) is 14.9 Å². The van der Waals surface area contributed by atoms with Crippen LogP contribution in [-0.4, -0.2) is 17.4 Å². The summed E-state index contributed by atoms with van der Waals surface area (Å²) < 4.78 is 0. The van der Waals surface area contributed by atoms with E-state index in [0.29, 0.717) is 6.54 Å². The predicted molar refractivity (Wildman–Crippen MR) is 65.4 cm³/mol. The number of nitrogens with zero attached hydrogens (tertiary/aromatic N) is 1. The second-order valence-electron chi connectivity index (χ2n) is 3.47. The van der Waals surface area contributed by atoms with Crippen LogP contribution in [0, 0.1) is 10.1 Å². The molecule has 1 N–H and O–H groups in total. The van der Waals surface area contributed by atoms with Crippen molar-refractivity contribution in [1.29, 1.82) is 0 Å². The molecule has 1 aromatic rings. The molecule has 0 fully saturated rings. The molecule has 0 unspecified atom stereocenters. The average Bonchev–Trinajstić information content (AvgIpc) is 2.34. The monoisotopic (exact) mass is 234 g/mol. The number of benzene rings is 1. The predicted octanol–water partition coefficient (Wildman–Crippen LogP) is 2.13. The number of hydrogen-bond acceptors (Lipinski definition) is 3. The Balaban J connectivity index is 2.59. The van der Waals surface area contributed by atoms with Crippen LogP contribution in [-0.2, 0) is 4.79 Å². The van der Waals surface area contributed by atoms with Crippen molar-refractivity contribution in [3.63, 3.8) is 0 Å². The zero-order chi connectivity index (χ0) is 12.7. The Kier molecular flexibility index (Phi) is 4.87. The van der Waals surface area contributed by atoms with E-state index in [-0.39, 0.29) is 11.6 Å². The fraction of sp³-hybridized carbons (Fsp3) is 0.250. The topological polar surface area (TPSA) is 72.2 Å². The number of nitro groups is 1. The molecule has 0 aliphatic heterocycles. The highest BCUT2D eigenvalue weighted by Gasteiger charge is 2.02. The van der Waals surface area contributed by atoms with E-state index in [1.54, 1.807) is 18.2 Å². The van der Waals surface area contributed by atoms with Crippen LogP contribution in [0.1, 0.15) is 18.9 Å². The van der Waals surface area contributed by atoms with Gasteiger partial charge in [0.1, 0.15) is 0 Å². The summed E-state index contributed by atoms with van der Waals surface area (Å²) in [6, 6.07) is 6.01. The van der Waals surface area contributed by atoms with Crippen molar-refractivity contribution in [2.75, 3.05) is 6.54 Å². The smallest absolute Gasteiger partial charge is 0.269 e. The van der Waals surface area contributed by atoms with Crippen molar-refractivity contribution in [3.8, 4) is 0 Å². The first kappa shape index (κ1) is 12.9. The van der Waals surface area contributed by atoms with E-state index in [4.69, 9.17) is 0 Å². The molecule has 1 aromatic carbocycles. The van der Waals surface area contributed by atoms with Crippen LogP contribution in [0.25, 0.3) is 6.08 Å². The van der Waals surface area contributed by atoms with E-state index in [1.165, 1.54) is 18.2 Å². The van der Waals surface area contributed by atoms with Gasteiger partial charge in [-0.25, -0.2) is 0 Å². The summed E-state index contributed by atoms with van der Waals surface area (Å²) >= 11 is 0. The molecule has 0 saturated carbocycles. The molecule has 0 bridgehead atoms. The normalized spacial score (nSPS) is 10.4. The zero-order valence-electron chi connectivity index (χ0n) is 9.55. The number of nitro benzene ring substituents is 1. The largest absolute Gasteiger partial charge is 0.353 e. The highest BCUT2D eigenvalue weighted by Crippen LogP contribution is 2.12. The molecule has 0 radical (unpaired) electrons. The van der Waals surface area contributed by atoms with Crippen molar-refractivity contribution < 1.29 is 9.72 Å². The summed E-state index contributed by atoms with van der Waals surface area (Å²) in [5, 5.41) is 13.1. The van der Waals surface area contributed by atoms with Crippen molar-refractivity contribution in [2.24, 2.45) is 0 Å². The van der Waals surface area contributed by atoms with E-state index >= 15 is 0 Å². The van der Waals surface area contributed by atoms with Gasteiger partial charge in [0.15, 0.2) is 0 Å². The molecule has 1 amide bonds. The third kappa shape index (κ3) is 4.46. The lowest BCUT2D eigenvalue weighted by Gasteiger charge is -1.97. The molecular formula is C12H14N2O3. The van der Waals surface area contributed by atoms with Gasteiger partial charge in [0.2, 0.25) is 5.91 Å². The molecule has 0 aliphatic carbocycles. The van der Waals surface area contributed by atoms with Crippen molar-refractivity contribution in [1.82, 2.24) is 5.32 Å². The number of nitrogens with one attached hydrogen (secondary N) is 1. The molecule has 5 nitrogen and oxygen atoms in total. The van der Waals surface area contributed by atoms with Crippen LogP contribution in [0.4, 0.5) is 5.69 Å². The van der Waals surface area contributed by atoms with Crippen LogP contribution in [0.15, 0.2) is 30.3 Å². The SMILES string of the molecule is CCCNC(=O)/C=C/c1ccc([N+](=O)[O-])cc1. The molecule has 0 atom stereocenters. The fourth-order valence-electron chi connectivity index (χ4n) is 1.19. The number of carbonyl (C=O) groups excluding carboxylic acids is 1. The van der Waals surface area contributed by atoms with E-state index < -0.39 is 4.92 Å². The maximum absolute atomic E-state index is 11.2. The number of carbonyl (C=O) groups is 1. The molecule has 17 heavy (non-hydrogen) atoms. The quantitative estimate of drug-likeness (QED) is 0.482. The highest BCUT2D eigenvalue weighted by molar-refractivity contribution is 5.91. The Hall–Kier alpha value is -2.17. The van der Waals surface area contributed by atoms with Gasteiger partial charge in [-0.1, -0.05) is 6.92 Å². The number of non-ortho nitro benzene ring substituents is 1. The Morgan fingerprint density at radius 1 is 1.41 bits per heavy atom. The molecule has 0 saturated heterocycles. The van der Waals surface area contributed by atoms with Gasteiger partial charge in [0.25, 0.3) is 5.69 Å². The fourth-order valence-corrected chi connectivity index (χ4v) is 1.19. The average molecular weight is 234 g/mol. The molecular weight excluding hydrogens is 220 g/mol. The minimum atomic E-state index is -0.457. The van der Waals surface area contributed by atoms with E-state index in [0.717, 1.165) is 12.0 Å². The first-order valence-corrected chi connectivity index (χ1v) is 5.34. The van der Waals surface area contributed by atoms with Gasteiger partial charge >= 0.3 is 0 Å². The maximum atomic E-state index is 11.2. The summed E-state index contributed by atoms with van der Waals surface area (Å²) in [6.07, 6.45) is 3.92. The summed E-state index contributed by atoms with van der Waals surface area (Å²) in [7, 11) is 0. The molecule has 5 heteroatoms. The zero-order valence-corrected chi connectivity index (χ0v) is 9.55. The van der Waals surface area contributed by atoms with Crippen LogP contribution >= 0.6 is 0 Å². The van der Waals surface area contributed by atoms with Crippen LogP contribution in [0.3, 0.4) is 0 Å². The first-order chi connectivity index (χ1) is 8.13. The number of hydrogen-bond donors (Lipinski definition) is 1. The summed E-state index contributed by atoms with van der Waals surface area (Å²) in [5.74, 6) is -0.162. The van der Waals surface area contributed by atoms with Gasteiger partial charge in [-0.05, 0) is 30.2 Å². The molecule has 0 spiro atoms. The second kappa shape index (κ2) is 6.42. The molecule has 1 rings (SSSR count). The first-order valence-electron chi connectivity index (χ1n) is 5.34. The highest BCUT2D eigenvalue weighted by atomic mass is 16.6. The van der Waals surface area contributed by atoms with E-state index in [2.05, 4.69) is 5.32 Å². The molecule has 0 aliphatic rings. The standard InChI is InChI=1S/C12H14N2O3/c1-2-9-13-12(15)8-5-10-3-6-11(7-4-10)14(16)17/h3-8H,2,9H2,1H3,(H,13,15)/b8-5+. The third-order valence-electron chi connectivity index (χ3n) is 2.08. The Morgan fingerprint density at radius 2 is 2.06 bits per heavy atom. The summed E-state index contributed by atoms with van der Waals surface area (Å²) in [4.78, 5) is 21.2. The van der Waals surface area contributed by atoms with Crippen molar-refractivity contribution >= 4 is 17.7 Å². The van der Waals surface area contributed by atoms with Gasteiger partial charge in [-0.15, -0.1) is 0 Å². The molecule has 90 valence electrons. The number of rotatable bonds is 5. The van der Waals surface area contributed by atoms with E-state index in [1.807, 2.05) is 6.92 Å². The van der Waals surface area contributed by atoms with Crippen molar-refractivity contribution in [3.05, 3.63) is 46.0 Å². The van der Waals surface area contributed by atoms with Crippen LogP contribution < -0.4 is 5.32 Å². The third-order valence-corrected chi connectivity index (χ3v) is 2.08. The lowest BCUT2D eigenvalue weighted by molar-refractivity contribution is -0.384. The Labute approximate surface area is 99.3 Å². The lowest BCUT2D eigenvalue weighted by Crippen LogP contribution is -2.21. The molecule has 0 heterocycles. The Bertz CT molecular complexity index is 424. The van der Waals surface area contributed by atoms with Gasteiger partial charge in [-0.2, -0.15) is 0 Å². The Morgan fingerprint density at radius 3 is 2.59 bits per heavy atom. The minimum absolute atomic E-state index is 0.0394. The van der Waals surface area contributed by atoms with Gasteiger partial charge in [-0.3, -0.25) is 14.9 Å². The van der Waals surface area contributed by atoms with Crippen LogP contribution in [0.2, 0.25) is 0 Å². The van der Waals surface area contributed by atoms with Crippen LogP contribution in [0.5, 0.6) is 0 Å². The maximum Gasteiger partial charge on any atom is 0.269 e. The summed E-state index contributed by atoms with van der Waals surface area (Å²) in [6.45, 7) is 2.61.